The summed E-state index contributed by atoms with van der Waals surface area (Å²) in [5.41, 5.74) is 6.93. The highest BCUT2D eigenvalue weighted by atomic mass is 28.3. The Kier molecular flexibility index (Phi) is 15.1. The smallest absolute Gasteiger partial charge is 0.407 e. The Morgan fingerprint density at radius 2 is 1.65 bits per heavy atom. The first-order valence-electron chi connectivity index (χ1n) is 17.5. The molecular formula is C38H54F2N6O5Si. The molecule has 0 saturated heterocycles. The first-order valence-corrected chi connectivity index (χ1v) is 21.2. The quantitative estimate of drug-likeness (QED) is 0.107. The number of ether oxygens (including phenoxy) is 1. The molecule has 4 amide bonds. The van der Waals surface area contributed by atoms with Gasteiger partial charge < -0.3 is 35.9 Å². The van der Waals surface area contributed by atoms with Crippen LogP contribution >= 0.6 is 0 Å². The number of nitrogens with two attached hydrogens (primary N) is 1. The second kappa shape index (κ2) is 18.8. The molecule has 0 aliphatic carbocycles. The zero-order valence-corrected chi connectivity index (χ0v) is 32.4. The van der Waals surface area contributed by atoms with Crippen molar-refractivity contribution in [1.29, 1.82) is 0 Å². The van der Waals surface area contributed by atoms with Gasteiger partial charge in [-0.05, 0) is 47.7 Å². The minimum atomic E-state index is -1.49. The second-order valence-corrected chi connectivity index (χ2v) is 20.8. The largest absolute Gasteiger partial charge is 0.450 e. The zero-order valence-electron chi connectivity index (χ0n) is 31.4. The van der Waals surface area contributed by atoms with Gasteiger partial charge in [0.15, 0.2) is 0 Å². The topological polar surface area (TPSA) is 148 Å². The molecule has 0 radical (unpaired) electrons. The molecule has 284 valence electrons. The van der Waals surface area contributed by atoms with E-state index >= 15 is 4.39 Å². The van der Waals surface area contributed by atoms with E-state index in [1.807, 2.05) is 55.7 Å². The van der Waals surface area contributed by atoms with E-state index in [4.69, 9.17) is 10.5 Å². The minimum Gasteiger partial charge on any atom is -0.450 e. The highest BCUT2D eigenvalue weighted by Gasteiger charge is 2.37. The van der Waals surface area contributed by atoms with Gasteiger partial charge in [-0.25, -0.2) is 13.6 Å². The first-order chi connectivity index (χ1) is 24.4. The number of benzene rings is 2. The van der Waals surface area contributed by atoms with Gasteiger partial charge >= 0.3 is 6.09 Å². The van der Waals surface area contributed by atoms with Crippen molar-refractivity contribution in [3.05, 3.63) is 83.7 Å². The second-order valence-electron chi connectivity index (χ2n) is 15.1. The highest BCUT2D eigenvalue weighted by Crippen LogP contribution is 2.41. The van der Waals surface area contributed by atoms with E-state index in [0.717, 1.165) is 29.8 Å². The number of halogens is 2. The average molecular weight is 741 g/mol. The lowest BCUT2D eigenvalue weighted by molar-refractivity contribution is -0.135. The van der Waals surface area contributed by atoms with Gasteiger partial charge in [0.1, 0.15) is 17.7 Å². The number of carbonyl (C=O) groups excluding carboxylic acids is 4. The molecule has 11 nitrogen and oxygen atoms in total. The number of amides is 4. The fraction of sp³-hybridized carbons (Fsp3) is 0.474. The van der Waals surface area contributed by atoms with Crippen molar-refractivity contribution in [3.63, 3.8) is 0 Å². The van der Waals surface area contributed by atoms with Gasteiger partial charge in [-0.1, -0.05) is 70.7 Å². The van der Waals surface area contributed by atoms with E-state index in [2.05, 4.69) is 35.6 Å². The van der Waals surface area contributed by atoms with Crippen LogP contribution in [0, 0.1) is 17.0 Å². The SMILES string of the molecule is CC(=O)N(CCC(NC(=O)OCC[Si](C)(C)C)C(=O)NCCNC(=O)CN)C(c1cc(-c2cc(F)ccc2F)cn1Cc1ccccc1)C(C)(C)C. The summed E-state index contributed by atoms with van der Waals surface area (Å²) in [7, 11) is -1.49. The van der Waals surface area contributed by atoms with Gasteiger partial charge in [0.05, 0.1) is 19.2 Å². The van der Waals surface area contributed by atoms with Crippen molar-refractivity contribution in [1.82, 2.24) is 25.4 Å². The van der Waals surface area contributed by atoms with E-state index in [1.54, 1.807) is 17.2 Å². The number of carbonyl (C=O) groups is 4. The molecule has 3 rings (SSSR count). The molecule has 14 heteroatoms. The maximum atomic E-state index is 15.1. The molecule has 3 aromatic rings. The molecule has 2 aromatic carbocycles. The van der Waals surface area contributed by atoms with E-state index in [0.29, 0.717) is 17.8 Å². The highest BCUT2D eigenvalue weighted by molar-refractivity contribution is 6.76. The van der Waals surface area contributed by atoms with Gasteiger partial charge in [-0.15, -0.1) is 0 Å². The van der Waals surface area contributed by atoms with Crippen LogP contribution in [0.1, 0.15) is 51.4 Å². The predicted octanol–water partition coefficient (Wildman–Crippen LogP) is 5.43. The molecule has 0 aliphatic rings. The summed E-state index contributed by atoms with van der Waals surface area (Å²) in [6, 6.07) is 13.8. The van der Waals surface area contributed by atoms with Crippen LogP contribution in [0.15, 0.2) is 60.8 Å². The Balaban J connectivity index is 1.99. The normalized spacial score (nSPS) is 12.8. The number of aromatic nitrogens is 1. The van der Waals surface area contributed by atoms with Crippen molar-refractivity contribution >= 4 is 31.9 Å². The zero-order chi connectivity index (χ0) is 38.6. The molecule has 5 N–H and O–H groups in total. The Morgan fingerprint density at radius 3 is 2.27 bits per heavy atom. The van der Waals surface area contributed by atoms with Crippen LogP contribution < -0.4 is 21.7 Å². The van der Waals surface area contributed by atoms with E-state index in [1.165, 1.54) is 6.92 Å². The number of nitrogens with one attached hydrogen (secondary N) is 3. The minimum absolute atomic E-state index is 0.0288. The lowest BCUT2D eigenvalue weighted by atomic mass is 9.82. The van der Waals surface area contributed by atoms with Crippen molar-refractivity contribution in [2.45, 2.75) is 78.4 Å². The van der Waals surface area contributed by atoms with Crippen LogP contribution in [-0.2, 0) is 25.7 Å². The van der Waals surface area contributed by atoms with Crippen molar-refractivity contribution in [2.75, 3.05) is 32.8 Å². The van der Waals surface area contributed by atoms with E-state index < -0.39 is 49.2 Å². The van der Waals surface area contributed by atoms with Crippen LogP contribution in [0.25, 0.3) is 11.1 Å². The summed E-state index contributed by atoms with van der Waals surface area (Å²) >= 11 is 0. The predicted molar refractivity (Wildman–Crippen MR) is 201 cm³/mol. The molecule has 0 bridgehead atoms. The monoisotopic (exact) mass is 740 g/mol. The fourth-order valence-electron chi connectivity index (χ4n) is 5.83. The number of rotatable bonds is 17. The average Bonchev–Trinajstić information content (AvgIpc) is 3.46. The molecule has 0 saturated carbocycles. The molecule has 0 fully saturated rings. The fourth-order valence-corrected chi connectivity index (χ4v) is 6.55. The van der Waals surface area contributed by atoms with Crippen LogP contribution in [-0.4, -0.2) is 80.2 Å². The molecule has 0 aliphatic heterocycles. The molecule has 1 aromatic heterocycles. The molecular weight excluding hydrogens is 687 g/mol. The first kappa shape index (κ1) is 41.9. The molecule has 52 heavy (non-hydrogen) atoms. The van der Waals surface area contributed by atoms with Crippen LogP contribution in [0.2, 0.25) is 25.7 Å². The molecule has 2 unspecified atom stereocenters. The standard InChI is InChI=1S/C38H54F2N6O5Si/c1-26(47)46(18-15-32(36(49)43-17-16-42-34(48)23-41)44-37(50)51-19-20-52(5,6)7)35(38(2,3)4)33-21-28(30-22-29(39)13-14-31(30)40)25-45(33)24-27-11-9-8-10-12-27/h8-14,21-22,25,32,35H,15-20,23-24,41H2,1-7H3,(H,42,48)(H,43,49)(H,44,50). The number of hydrogen-bond acceptors (Lipinski definition) is 6. The van der Waals surface area contributed by atoms with Crippen molar-refractivity contribution in [3.8, 4) is 11.1 Å². The summed E-state index contributed by atoms with van der Waals surface area (Å²) in [5, 5.41) is 7.98. The molecule has 2 atom stereocenters. The van der Waals surface area contributed by atoms with Gasteiger partial charge in [-0.3, -0.25) is 14.4 Å². The van der Waals surface area contributed by atoms with Gasteiger partial charge in [0.2, 0.25) is 17.7 Å². The van der Waals surface area contributed by atoms with Crippen molar-refractivity contribution in [2.24, 2.45) is 11.1 Å². The number of nitrogens with zero attached hydrogens (tertiary/aromatic N) is 2. The van der Waals surface area contributed by atoms with Gasteiger partial charge in [0.25, 0.3) is 0 Å². The Labute approximate surface area is 306 Å². The lowest BCUT2D eigenvalue weighted by Gasteiger charge is -2.41. The molecule has 1 heterocycles. The van der Waals surface area contributed by atoms with Crippen LogP contribution in [0.5, 0.6) is 0 Å². The van der Waals surface area contributed by atoms with Crippen molar-refractivity contribution < 1.29 is 32.7 Å². The lowest BCUT2D eigenvalue weighted by Crippen LogP contribution is -2.51. The maximum Gasteiger partial charge on any atom is 0.407 e. The van der Waals surface area contributed by atoms with E-state index in [9.17, 15) is 23.6 Å². The third-order valence-corrected chi connectivity index (χ3v) is 10.2. The summed E-state index contributed by atoms with van der Waals surface area (Å²) < 4.78 is 36.8. The summed E-state index contributed by atoms with van der Waals surface area (Å²) in [6.45, 7) is 14.5. The van der Waals surface area contributed by atoms with Crippen LogP contribution in [0.3, 0.4) is 0 Å². The summed E-state index contributed by atoms with van der Waals surface area (Å²) in [6.07, 6.45) is 1.03. The van der Waals surface area contributed by atoms with Crippen LogP contribution in [0.4, 0.5) is 13.6 Å². The third kappa shape index (κ3) is 12.9. The third-order valence-electron chi connectivity index (χ3n) is 8.47. The van der Waals surface area contributed by atoms with Gasteiger partial charge in [0, 0.05) is 64.2 Å². The summed E-state index contributed by atoms with van der Waals surface area (Å²) in [5.74, 6) is -2.34. The van der Waals surface area contributed by atoms with E-state index in [-0.39, 0.29) is 56.6 Å². The summed E-state index contributed by atoms with van der Waals surface area (Å²) in [4.78, 5) is 53.1. The van der Waals surface area contributed by atoms with Gasteiger partial charge in [-0.2, -0.15) is 0 Å². The number of hydrogen-bond donors (Lipinski definition) is 4. The Morgan fingerprint density at radius 1 is 0.981 bits per heavy atom. The maximum absolute atomic E-state index is 15.1. The Hall–Kier alpha value is -4.56. The number of alkyl carbamates (subject to hydrolysis) is 1. The Bertz CT molecular complexity index is 1670. The molecule has 0 spiro atoms.